The monoisotopic (exact) mass is 500 g/mol. The Hall–Kier alpha value is -4.48. The first-order valence-corrected chi connectivity index (χ1v) is 10.8. The van der Waals surface area contributed by atoms with Gasteiger partial charge < -0.3 is 25.1 Å². The van der Waals surface area contributed by atoms with Crippen LogP contribution in [0.25, 0.3) is 6.08 Å². The Labute approximate surface area is 204 Å². The third-order valence-corrected chi connectivity index (χ3v) is 4.71. The average molecular weight is 500 g/mol. The number of benzene rings is 1. The second kappa shape index (κ2) is 11.8. The largest absolute Gasteiger partial charge is 0.440 e. The molecule has 4 N–H and O–H groups in total. The number of carbonyl (C=O) groups is 2. The molecule has 0 spiro atoms. The highest BCUT2D eigenvalue weighted by Gasteiger charge is 2.36. The molecule has 0 saturated heterocycles. The predicted octanol–water partition coefficient (Wildman–Crippen LogP) is 4.78. The zero-order valence-corrected chi connectivity index (χ0v) is 19.1. The van der Waals surface area contributed by atoms with Crippen LogP contribution in [0.5, 0.6) is 5.75 Å². The lowest BCUT2D eigenvalue weighted by atomic mass is 10.1. The number of aromatic amines is 1. The van der Waals surface area contributed by atoms with Crippen LogP contribution in [0.3, 0.4) is 0 Å². The van der Waals surface area contributed by atoms with Crippen molar-refractivity contribution in [3.05, 3.63) is 71.9 Å². The summed E-state index contributed by atoms with van der Waals surface area (Å²) in [5, 5.41) is 13.1. The number of imidazole rings is 1. The van der Waals surface area contributed by atoms with Gasteiger partial charge in [0.2, 0.25) is 5.90 Å². The molecule has 1 aliphatic carbocycles. The smallest absolute Gasteiger partial charge is 0.434 e. The minimum absolute atomic E-state index is 0.195. The zero-order valence-electron chi connectivity index (χ0n) is 19.1. The maximum Gasteiger partial charge on any atom is 0.434 e. The summed E-state index contributed by atoms with van der Waals surface area (Å²) in [5.74, 6) is 0.705. The molecule has 1 saturated carbocycles. The van der Waals surface area contributed by atoms with Gasteiger partial charge in [0.1, 0.15) is 23.7 Å². The minimum Gasteiger partial charge on any atom is -0.440 e. The van der Waals surface area contributed by atoms with E-state index >= 15 is 0 Å². The Morgan fingerprint density at radius 3 is 2.61 bits per heavy atom. The Morgan fingerprint density at radius 2 is 2.00 bits per heavy atom. The number of aldehydes is 1. The summed E-state index contributed by atoms with van der Waals surface area (Å²) < 4.78 is 44.6. The Kier molecular flexibility index (Phi) is 8.55. The molecule has 1 aromatic carbocycles. The van der Waals surface area contributed by atoms with Gasteiger partial charge in [-0.2, -0.15) is 13.2 Å². The average Bonchev–Trinajstić information content (AvgIpc) is 3.59. The van der Waals surface area contributed by atoms with Crippen molar-refractivity contribution in [1.82, 2.24) is 15.0 Å². The molecule has 0 aliphatic heterocycles. The Bertz CT molecular complexity index is 1250. The number of alkyl halides is 3. The summed E-state index contributed by atoms with van der Waals surface area (Å²) in [6, 6.07) is 8.22. The van der Waals surface area contributed by atoms with Crippen LogP contribution in [-0.4, -0.2) is 40.1 Å². The lowest BCUT2D eigenvalue weighted by Crippen LogP contribution is -2.20. The van der Waals surface area contributed by atoms with Gasteiger partial charge in [0, 0.05) is 37.0 Å². The molecule has 2 aromatic heterocycles. The van der Waals surface area contributed by atoms with Crippen LogP contribution in [0.2, 0.25) is 0 Å². The molecule has 0 unspecified atom stereocenters. The number of nitrogens with zero attached hydrogens (tertiary/aromatic N) is 2. The topological polar surface area (TPSA) is 133 Å². The first kappa shape index (κ1) is 26.1. The van der Waals surface area contributed by atoms with Gasteiger partial charge in [0.05, 0.1) is 11.8 Å². The van der Waals surface area contributed by atoms with E-state index in [4.69, 9.17) is 10.1 Å². The number of aromatic nitrogens is 3. The summed E-state index contributed by atoms with van der Waals surface area (Å²) in [6.07, 6.45) is 4.01. The van der Waals surface area contributed by atoms with Gasteiger partial charge in [-0.1, -0.05) is 6.07 Å². The van der Waals surface area contributed by atoms with Crippen molar-refractivity contribution in [1.29, 1.82) is 5.41 Å². The molecule has 12 heteroatoms. The van der Waals surface area contributed by atoms with Crippen molar-refractivity contribution in [3.8, 4) is 5.75 Å². The van der Waals surface area contributed by atoms with Gasteiger partial charge in [-0.3, -0.25) is 15.2 Å². The SMILES string of the molecule is CNc1cnc(/C=C\C(=N)Oc2cccc(NC(=O)c3cccnc3C(F)(F)F)c2)[nH]1.O=CC1CC1. The highest BCUT2D eigenvalue weighted by molar-refractivity contribution is 6.05. The van der Waals surface area contributed by atoms with E-state index in [-0.39, 0.29) is 17.3 Å². The molecular weight excluding hydrogens is 477 g/mol. The van der Waals surface area contributed by atoms with Crippen LogP contribution in [0, 0.1) is 11.3 Å². The van der Waals surface area contributed by atoms with E-state index in [0.29, 0.717) is 17.6 Å². The maximum atomic E-state index is 13.1. The number of ether oxygens (including phenoxy) is 1. The summed E-state index contributed by atoms with van der Waals surface area (Å²) >= 11 is 0. The van der Waals surface area contributed by atoms with Gasteiger partial charge >= 0.3 is 6.18 Å². The summed E-state index contributed by atoms with van der Waals surface area (Å²) in [5.41, 5.74) is -1.68. The predicted molar refractivity (Wildman–Crippen MR) is 128 cm³/mol. The highest BCUT2D eigenvalue weighted by atomic mass is 19.4. The van der Waals surface area contributed by atoms with Crippen molar-refractivity contribution in [2.45, 2.75) is 19.0 Å². The number of nitrogens with one attached hydrogen (secondary N) is 4. The fourth-order valence-electron chi connectivity index (χ4n) is 2.75. The van der Waals surface area contributed by atoms with Crippen molar-refractivity contribution in [2.24, 2.45) is 5.92 Å². The molecule has 2 heterocycles. The van der Waals surface area contributed by atoms with E-state index < -0.39 is 23.3 Å². The number of carbonyl (C=O) groups excluding carboxylic acids is 2. The second-order valence-corrected chi connectivity index (χ2v) is 7.58. The van der Waals surface area contributed by atoms with Crippen molar-refractivity contribution in [2.75, 3.05) is 17.7 Å². The van der Waals surface area contributed by atoms with Crippen molar-refractivity contribution in [3.63, 3.8) is 0 Å². The fraction of sp³-hybridized carbons (Fsp3) is 0.208. The maximum absolute atomic E-state index is 13.1. The number of amides is 1. The summed E-state index contributed by atoms with van der Waals surface area (Å²) in [6.45, 7) is 0. The van der Waals surface area contributed by atoms with Crippen LogP contribution in [0.1, 0.15) is 34.7 Å². The number of rotatable bonds is 7. The number of hydrogen-bond acceptors (Lipinski definition) is 7. The van der Waals surface area contributed by atoms with Crippen LogP contribution in [0.4, 0.5) is 24.7 Å². The number of hydrogen-bond donors (Lipinski definition) is 4. The van der Waals surface area contributed by atoms with Gasteiger partial charge in [0.25, 0.3) is 5.91 Å². The molecule has 0 bridgehead atoms. The number of pyridine rings is 1. The molecule has 1 amide bonds. The van der Waals surface area contributed by atoms with E-state index in [9.17, 15) is 22.8 Å². The van der Waals surface area contributed by atoms with Gasteiger partial charge in [-0.05, 0) is 43.2 Å². The standard InChI is InChI=1S/C20H17F3N6O2.C4H6O/c1-25-17-11-27-16(29-17)8-7-15(24)31-13-5-2-4-12(10-13)28-19(30)14-6-3-9-26-18(14)20(21,22)23;5-3-4-1-2-4/h2-11,24-25H,1H3,(H,27,29)(H,28,30);3-4H,1-2H2/b8-7-,24-15?;. The zero-order chi connectivity index (χ0) is 26.1. The molecule has 1 fully saturated rings. The third-order valence-electron chi connectivity index (χ3n) is 4.71. The molecule has 0 radical (unpaired) electrons. The number of anilines is 2. The van der Waals surface area contributed by atoms with E-state index in [2.05, 4.69) is 25.6 Å². The van der Waals surface area contributed by atoms with Gasteiger partial charge in [-0.15, -0.1) is 0 Å². The van der Waals surface area contributed by atoms with Crippen molar-refractivity contribution >= 4 is 35.7 Å². The first-order valence-electron chi connectivity index (χ1n) is 10.8. The normalized spacial score (nSPS) is 12.9. The van der Waals surface area contributed by atoms with E-state index in [1.165, 1.54) is 42.5 Å². The molecule has 3 aromatic rings. The van der Waals surface area contributed by atoms with Crippen molar-refractivity contribution < 1.29 is 27.5 Å². The Balaban J connectivity index is 0.000000642. The molecule has 9 nitrogen and oxygen atoms in total. The van der Waals surface area contributed by atoms with Crippen LogP contribution in [-0.2, 0) is 11.0 Å². The minimum atomic E-state index is -4.76. The Morgan fingerprint density at radius 1 is 1.22 bits per heavy atom. The molecule has 36 heavy (non-hydrogen) atoms. The first-order chi connectivity index (χ1) is 17.2. The van der Waals surface area contributed by atoms with E-state index in [1.54, 1.807) is 13.2 Å². The van der Waals surface area contributed by atoms with E-state index in [0.717, 1.165) is 31.4 Å². The van der Waals surface area contributed by atoms with Gasteiger partial charge in [0.15, 0.2) is 5.69 Å². The summed E-state index contributed by atoms with van der Waals surface area (Å²) in [7, 11) is 1.73. The molecule has 1 aliphatic rings. The van der Waals surface area contributed by atoms with E-state index in [1.807, 2.05) is 0 Å². The quantitative estimate of drug-likeness (QED) is 0.210. The highest BCUT2D eigenvalue weighted by Crippen LogP contribution is 2.30. The van der Waals surface area contributed by atoms with Crippen LogP contribution in [0.15, 0.2) is 54.9 Å². The summed E-state index contributed by atoms with van der Waals surface area (Å²) in [4.78, 5) is 32.2. The lowest BCUT2D eigenvalue weighted by Gasteiger charge is -2.12. The second-order valence-electron chi connectivity index (χ2n) is 7.58. The molecular formula is C24H23F3N6O3. The molecule has 188 valence electrons. The number of halogens is 3. The number of H-pyrrole nitrogens is 1. The molecule has 4 rings (SSSR count). The van der Waals surface area contributed by atoms with Crippen LogP contribution < -0.4 is 15.4 Å². The third kappa shape index (κ3) is 7.79. The van der Waals surface area contributed by atoms with Crippen LogP contribution >= 0.6 is 0 Å². The lowest BCUT2D eigenvalue weighted by molar-refractivity contribution is -0.141. The molecule has 0 atom stereocenters. The fourth-order valence-corrected chi connectivity index (χ4v) is 2.75. The van der Waals surface area contributed by atoms with Gasteiger partial charge in [-0.25, -0.2) is 4.98 Å².